The average molecular weight is 580 g/mol. The maximum atomic E-state index is 12.9. The van der Waals surface area contributed by atoms with Crippen LogP contribution in [-0.4, -0.2) is 32.5 Å². The van der Waals surface area contributed by atoms with Crippen LogP contribution in [0.4, 0.5) is 5.69 Å². The number of anilines is 1. The summed E-state index contributed by atoms with van der Waals surface area (Å²) in [6, 6.07) is 35.8. The molecule has 0 atom stereocenters. The van der Waals surface area contributed by atoms with E-state index in [0.29, 0.717) is 0 Å². The fraction of sp³-hybridized carbons (Fsp3) is 0.0833. The molecule has 0 saturated heterocycles. The zero-order valence-electron chi connectivity index (χ0n) is 23.6. The Morgan fingerprint density at radius 2 is 1.67 bits per heavy atom. The summed E-state index contributed by atoms with van der Waals surface area (Å²) in [5.74, 6) is 0.869. The van der Waals surface area contributed by atoms with E-state index in [1.165, 1.54) is 10.5 Å². The highest BCUT2D eigenvalue weighted by Gasteiger charge is 2.18. The number of aromatic amines is 1. The second-order valence-corrected chi connectivity index (χ2v) is 11.5. The van der Waals surface area contributed by atoms with E-state index >= 15 is 0 Å². The molecule has 3 aromatic heterocycles. The topological polar surface area (TPSA) is 66.8 Å². The number of pyridine rings is 1. The standard InChI is InChI=1S/C36H29N5OS/c1-40(33(42)22-41-19-18-37-24-41)28-15-13-26(14-16-28)31-21-38-36-35(34(31)27-8-4-2-5-9-27)30-20-25(12-17-32(30)39-36)23-43-29-10-6-3-7-11-29/h2-21,24H,22-23H2,1H3,(H,38,39). The molecule has 0 bridgehead atoms. The SMILES string of the molecule is CN(C(=O)Cn1ccnc1)c1ccc(-c2cnc3[nH]c4ccc(CSc5ccccc5)cc4c3c2-c2ccccc2)cc1. The Kier molecular flexibility index (Phi) is 7.23. The maximum Gasteiger partial charge on any atom is 0.246 e. The van der Waals surface area contributed by atoms with Gasteiger partial charge in [0.1, 0.15) is 12.2 Å². The predicted molar refractivity (Wildman–Crippen MR) is 176 cm³/mol. The second-order valence-electron chi connectivity index (χ2n) is 10.5. The highest BCUT2D eigenvalue weighted by molar-refractivity contribution is 7.98. The molecule has 0 saturated carbocycles. The van der Waals surface area contributed by atoms with Crippen molar-refractivity contribution < 1.29 is 4.79 Å². The van der Waals surface area contributed by atoms with E-state index in [9.17, 15) is 4.79 Å². The molecule has 1 N–H and O–H groups in total. The van der Waals surface area contributed by atoms with E-state index in [4.69, 9.17) is 4.98 Å². The molecule has 7 aromatic rings. The van der Waals surface area contributed by atoms with Crippen LogP contribution in [0, 0.1) is 0 Å². The van der Waals surface area contributed by atoms with Crippen molar-refractivity contribution in [3.05, 3.63) is 134 Å². The number of thioether (sulfide) groups is 1. The number of imidazole rings is 1. The van der Waals surface area contributed by atoms with Crippen molar-refractivity contribution in [2.75, 3.05) is 11.9 Å². The van der Waals surface area contributed by atoms with Gasteiger partial charge in [0.15, 0.2) is 0 Å². The number of fused-ring (bicyclic) bond motifs is 3. The van der Waals surface area contributed by atoms with Gasteiger partial charge in [-0.1, -0.05) is 66.7 Å². The number of aromatic nitrogens is 4. The van der Waals surface area contributed by atoms with Gasteiger partial charge < -0.3 is 14.5 Å². The molecule has 3 heterocycles. The molecular formula is C36H29N5OS. The lowest BCUT2D eigenvalue weighted by Gasteiger charge is -2.18. The lowest BCUT2D eigenvalue weighted by molar-refractivity contribution is -0.118. The summed E-state index contributed by atoms with van der Waals surface area (Å²) in [6.45, 7) is 0.239. The van der Waals surface area contributed by atoms with Gasteiger partial charge in [0, 0.05) is 69.4 Å². The van der Waals surface area contributed by atoms with Crippen molar-refractivity contribution in [3.63, 3.8) is 0 Å². The van der Waals surface area contributed by atoms with Crippen LogP contribution >= 0.6 is 11.8 Å². The molecule has 7 heteroatoms. The normalized spacial score (nSPS) is 11.3. The van der Waals surface area contributed by atoms with E-state index in [0.717, 1.165) is 55.6 Å². The van der Waals surface area contributed by atoms with Crippen molar-refractivity contribution in [1.29, 1.82) is 0 Å². The minimum Gasteiger partial charge on any atom is -0.339 e. The fourth-order valence-electron chi connectivity index (χ4n) is 5.45. The molecule has 43 heavy (non-hydrogen) atoms. The number of benzene rings is 4. The van der Waals surface area contributed by atoms with Gasteiger partial charge in [-0.2, -0.15) is 0 Å². The van der Waals surface area contributed by atoms with Crippen molar-refractivity contribution in [2.24, 2.45) is 0 Å². The third-order valence-corrected chi connectivity index (χ3v) is 8.80. The zero-order valence-corrected chi connectivity index (χ0v) is 24.5. The van der Waals surface area contributed by atoms with Crippen molar-refractivity contribution in [1.82, 2.24) is 19.5 Å². The molecule has 7 rings (SSSR count). The molecular weight excluding hydrogens is 550 g/mol. The van der Waals surface area contributed by atoms with E-state index in [1.807, 2.05) is 42.2 Å². The van der Waals surface area contributed by atoms with Gasteiger partial charge in [-0.3, -0.25) is 4.79 Å². The fourth-order valence-corrected chi connectivity index (χ4v) is 6.31. The van der Waals surface area contributed by atoms with Gasteiger partial charge in [-0.15, -0.1) is 11.8 Å². The molecule has 210 valence electrons. The van der Waals surface area contributed by atoms with Crippen LogP contribution < -0.4 is 4.90 Å². The number of nitrogens with zero attached hydrogens (tertiary/aromatic N) is 4. The van der Waals surface area contributed by atoms with Crippen LogP contribution in [-0.2, 0) is 17.1 Å². The first-order chi connectivity index (χ1) is 21.1. The molecule has 0 radical (unpaired) electrons. The number of hydrogen-bond acceptors (Lipinski definition) is 4. The van der Waals surface area contributed by atoms with E-state index < -0.39 is 0 Å². The number of nitrogens with one attached hydrogen (secondary N) is 1. The van der Waals surface area contributed by atoms with Crippen LogP contribution in [0.5, 0.6) is 0 Å². The van der Waals surface area contributed by atoms with Crippen LogP contribution in [0.1, 0.15) is 5.56 Å². The number of H-pyrrole nitrogens is 1. The van der Waals surface area contributed by atoms with Crippen LogP contribution in [0.25, 0.3) is 44.2 Å². The smallest absolute Gasteiger partial charge is 0.246 e. The molecule has 4 aromatic carbocycles. The number of hydrogen-bond donors (Lipinski definition) is 1. The van der Waals surface area contributed by atoms with E-state index in [-0.39, 0.29) is 12.5 Å². The van der Waals surface area contributed by atoms with Crippen molar-refractivity contribution in [3.8, 4) is 22.3 Å². The highest BCUT2D eigenvalue weighted by atomic mass is 32.2. The number of carbonyl (C=O) groups is 1. The molecule has 0 fully saturated rings. The zero-order chi connectivity index (χ0) is 29.2. The molecule has 6 nitrogen and oxygen atoms in total. The van der Waals surface area contributed by atoms with Gasteiger partial charge in [0.25, 0.3) is 0 Å². The number of likely N-dealkylation sites (N-methyl/N-ethyl adjacent to an activating group) is 1. The summed E-state index contributed by atoms with van der Waals surface area (Å²) in [6.07, 6.45) is 7.07. The Morgan fingerprint density at radius 1 is 0.907 bits per heavy atom. The molecule has 0 unspecified atom stereocenters. The lowest BCUT2D eigenvalue weighted by Crippen LogP contribution is -2.29. The van der Waals surface area contributed by atoms with Crippen molar-refractivity contribution >= 4 is 45.3 Å². The van der Waals surface area contributed by atoms with Crippen LogP contribution in [0.15, 0.2) is 133 Å². The Bertz CT molecular complexity index is 2020. The summed E-state index contributed by atoms with van der Waals surface area (Å²) in [7, 11) is 1.80. The largest absolute Gasteiger partial charge is 0.339 e. The monoisotopic (exact) mass is 579 g/mol. The summed E-state index contributed by atoms with van der Waals surface area (Å²) in [4.78, 5) is 28.3. The molecule has 0 aliphatic heterocycles. The number of rotatable bonds is 8. The Balaban J connectivity index is 1.28. The first-order valence-corrected chi connectivity index (χ1v) is 15.1. The predicted octanol–water partition coefficient (Wildman–Crippen LogP) is 8.20. The maximum absolute atomic E-state index is 12.9. The quantitative estimate of drug-likeness (QED) is 0.184. The van der Waals surface area contributed by atoms with Crippen molar-refractivity contribution in [2.45, 2.75) is 17.2 Å². The van der Waals surface area contributed by atoms with Gasteiger partial charge in [-0.05, 0) is 53.1 Å². The van der Waals surface area contributed by atoms with Gasteiger partial charge in [-0.25, -0.2) is 9.97 Å². The summed E-state index contributed by atoms with van der Waals surface area (Å²) in [5, 5.41) is 2.28. The number of carbonyl (C=O) groups excluding carboxylic acids is 1. The van der Waals surface area contributed by atoms with Gasteiger partial charge in [0.05, 0.1) is 6.33 Å². The van der Waals surface area contributed by atoms with Gasteiger partial charge >= 0.3 is 0 Å². The minimum absolute atomic E-state index is 0.0150. The molecule has 1 amide bonds. The highest BCUT2D eigenvalue weighted by Crippen LogP contribution is 2.41. The molecule has 0 aliphatic carbocycles. The van der Waals surface area contributed by atoms with E-state index in [1.54, 1.807) is 35.2 Å². The molecule has 0 spiro atoms. The number of amides is 1. The van der Waals surface area contributed by atoms with Crippen LogP contribution in [0.3, 0.4) is 0 Å². The molecule has 0 aliphatic rings. The Hall–Kier alpha value is -5.14. The first kappa shape index (κ1) is 26.7. The average Bonchev–Trinajstić information content (AvgIpc) is 3.71. The Morgan fingerprint density at radius 3 is 2.42 bits per heavy atom. The Labute approximate surface area is 254 Å². The summed E-state index contributed by atoms with van der Waals surface area (Å²) >= 11 is 1.84. The third kappa shape index (κ3) is 5.43. The summed E-state index contributed by atoms with van der Waals surface area (Å²) < 4.78 is 1.77. The van der Waals surface area contributed by atoms with Crippen LogP contribution in [0.2, 0.25) is 0 Å². The van der Waals surface area contributed by atoms with Gasteiger partial charge in [0.2, 0.25) is 5.91 Å². The summed E-state index contributed by atoms with van der Waals surface area (Å²) in [5.41, 5.74) is 8.38. The minimum atomic E-state index is -0.0150. The lowest BCUT2D eigenvalue weighted by atomic mass is 9.92. The second kappa shape index (κ2) is 11.6. The van der Waals surface area contributed by atoms with E-state index in [2.05, 4.69) is 88.8 Å². The third-order valence-electron chi connectivity index (χ3n) is 7.71. The first-order valence-electron chi connectivity index (χ1n) is 14.1.